The molecular formula is C15H16N2O2. The summed E-state index contributed by atoms with van der Waals surface area (Å²) < 4.78 is 6.39. The average molecular weight is 256 g/mol. The lowest BCUT2D eigenvalue weighted by molar-refractivity contribution is -0.134. The second-order valence-corrected chi connectivity index (χ2v) is 4.33. The van der Waals surface area contributed by atoms with Crippen molar-refractivity contribution in [3.8, 4) is 11.1 Å². The number of esters is 1. The van der Waals surface area contributed by atoms with Crippen LogP contribution in [-0.2, 0) is 16.6 Å². The summed E-state index contributed by atoms with van der Waals surface area (Å²) in [5.41, 5.74) is 3.99. The normalized spacial score (nSPS) is 11.4. The smallest absolute Gasteiger partial charge is 0.330 e. The van der Waals surface area contributed by atoms with Gasteiger partial charge in [-0.3, -0.25) is 4.68 Å². The Bertz CT molecular complexity index is 627. The van der Waals surface area contributed by atoms with Gasteiger partial charge in [-0.05, 0) is 29.7 Å². The van der Waals surface area contributed by atoms with Crippen molar-refractivity contribution in [2.75, 3.05) is 7.11 Å². The van der Waals surface area contributed by atoms with Gasteiger partial charge in [-0.25, -0.2) is 4.79 Å². The number of hydrogen-bond acceptors (Lipinski definition) is 3. The van der Waals surface area contributed by atoms with Gasteiger partial charge in [0.25, 0.3) is 0 Å². The van der Waals surface area contributed by atoms with E-state index in [1.54, 1.807) is 4.68 Å². The fourth-order valence-electron chi connectivity index (χ4n) is 1.83. The number of aromatic nitrogens is 2. The van der Waals surface area contributed by atoms with Gasteiger partial charge >= 0.3 is 5.97 Å². The number of carbonyl (C=O) groups is 1. The zero-order chi connectivity index (χ0) is 13.8. The number of benzene rings is 1. The van der Waals surface area contributed by atoms with Crippen LogP contribution in [0.15, 0.2) is 42.7 Å². The summed E-state index contributed by atoms with van der Waals surface area (Å²) in [6.45, 7) is 1.89. The van der Waals surface area contributed by atoms with Gasteiger partial charge in [-0.1, -0.05) is 18.2 Å². The second-order valence-electron chi connectivity index (χ2n) is 4.33. The van der Waals surface area contributed by atoms with Crippen molar-refractivity contribution in [3.63, 3.8) is 0 Å². The van der Waals surface area contributed by atoms with Crippen LogP contribution in [0.3, 0.4) is 0 Å². The SMILES string of the molecule is COC(=O)/C=C(\C)c1cccc(-c2cnn(C)c2)c1. The maximum absolute atomic E-state index is 11.2. The van der Waals surface area contributed by atoms with Gasteiger partial charge in [0.15, 0.2) is 0 Å². The highest BCUT2D eigenvalue weighted by Gasteiger charge is 2.04. The number of nitrogens with zero attached hydrogens (tertiary/aromatic N) is 2. The minimum atomic E-state index is -0.343. The first kappa shape index (κ1) is 13.1. The van der Waals surface area contributed by atoms with Gasteiger partial charge in [-0.15, -0.1) is 0 Å². The Morgan fingerprint density at radius 3 is 2.79 bits per heavy atom. The molecule has 98 valence electrons. The van der Waals surface area contributed by atoms with Crippen LogP contribution >= 0.6 is 0 Å². The zero-order valence-corrected chi connectivity index (χ0v) is 11.3. The van der Waals surface area contributed by atoms with Gasteiger partial charge in [0.05, 0.1) is 13.3 Å². The molecule has 0 aliphatic heterocycles. The molecule has 2 rings (SSSR count). The third-order valence-electron chi connectivity index (χ3n) is 2.89. The first-order chi connectivity index (χ1) is 9.10. The number of hydrogen-bond donors (Lipinski definition) is 0. The summed E-state index contributed by atoms with van der Waals surface area (Å²) in [5, 5.41) is 4.16. The Morgan fingerprint density at radius 1 is 1.37 bits per heavy atom. The van der Waals surface area contributed by atoms with Crippen LogP contribution in [0.25, 0.3) is 16.7 Å². The van der Waals surface area contributed by atoms with E-state index in [9.17, 15) is 4.79 Å². The van der Waals surface area contributed by atoms with E-state index in [0.29, 0.717) is 0 Å². The molecule has 0 radical (unpaired) electrons. The van der Waals surface area contributed by atoms with Crippen molar-refractivity contribution in [2.24, 2.45) is 7.05 Å². The van der Waals surface area contributed by atoms with E-state index in [4.69, 9.17) is 0 Å². The first-order valence-electron chi connectivity index (χ1n) is 5.96. The Hall–Kier alpha value is -2.36. The molecule has 4 heteroatoms. The summed E-state index contributed by atoms with van der Waals surface area (Å²) in [6, 6.07) is 7.98. The Balaban J connectivity index is 2.34. The highest BCUT2D eigenvalue weighted by Crippen LogP contribution is 2.23. The molecule has 1 heterocycles. The summed E-state index contributed by atoms with van der Waals surface area (Å²) in [7, 11) is 3.26. The quantitative estimate of drug-likeness (QED) is 0.626. The summed E-state index contributed by atoms with van der Waals surface area (Å²) in [5.74, 6) is -0.343. The molecule has 0 saturated heterocycles. The van der Waals surface area contributed by atoms with Crippen molar-refractivity contribution < 1.29 is 9.53 Å². The Labute approximate surface area is 112 Å². The van der Waals surface area contributed by atoms with Crippen LogP contribution in [0.2, 0.25) is 0 Å². The molecule has 1 aromatic heterocycles. The molecular weight excluding hydrogens is 240 g/mol. The predicted octanol–water partition coefficient (Wildman–Crippen LogP) is 2.66. The molecule has 0 unspecified atom stereocenters. The summed E-state index contributed by atoms with van der Waals surface area (Å²) in [6.07, 6.45) is 5.26. The molecule has 0 saturated carbocycles. The third-order valence-corrected chi connectivity index (χ3v) is 2.89. The molecule has 1 aromatic carbocycles. The number of ether oxygens (including phenoxy) is 1. The van der Waals surface area contributed by atoms with Gasteiger partial charge in [0.1, 0.15) is 0 Å². The molecule has 0 amide bonds. The first-order valence-corrected chi connectivity index (χ1v) is 5.96. The molecule has 0 fully saturated rings. The molecule has 0 bridgehead atoms. The van der Waals surface area contributed by atoms with Crippen molar-refractivity contribution in [1.29, 1.82) is 0 Å². The van der Waals surface area contributed by atoms with Crippen LogP contribution < -0.4 is 0 Å². The second kappa shape index (κ2) is 5.52. The molecule has 19 heavy (non-hydrogen) atoms. The van der Waals surface area contributed by atoms with E-state index in [2.05, 4.69) is 9.84 Å². The van der Waals surface area contributed by atoms with Gasteiger partial charge in [0, 0.05) is 24.9 Å². The van der Waals surface area contributed by atoms with Crippen molar-refractivity contribution in [1.82, 2.24) is 9.78 Å². The van der Waals surface area contributed by atoms with Gasteiger partial charge in [0.2, 0.25) is 0 Å². The number of aryl methyl sites for hydroxylation is 1. The van der Waals surface area contributed by atoms with Crippen LogP contribution in [0, 0.1) is 0 Å². The third kappa shape index (κ3) is 3.10. The van der Waals surface area contributed by atoms with Crippen LogP contribution in [0.5, 0.6) is 0 Å². The minimum Gasteiger partial charge on any atom is -0.466 e. The Kier molecular flexibility index (Phi) is 3.80. The van der Waals surface area contributed by atoms with Crippen molar-refractivity contribution in [3.05, 3.63) is 48.3 Å². The molecule has 0 spiro atoms. The number of rotatable bonds is 3. The molecule has 0 N–H and O–H groups in total. The molecule has 0 atom stereocenters. The lowest BCUT2D eigenvalue weighted by atomic mass is 10.0. The topological polar surface area (TPSA) is 44.1 Å². The van der Waals surface area contributed by atoms with Crippen LogP contribution in [0.1, 0.15) is 12.5 Å². The molecule has 2 aromatic rings. The fraction of sp³-hybridized carbons (Fsp3) is 0.200. The zero-order valence-electron chi connectivity index (χ0n) is 11.3. The maximum atomic E-state index is 11.2. The maximum Gasteiger partial charge on any atom is 0.330 e. The monoisotopic (exact) mass is 256 g/mol. The number of carbonyl (C=O) groups excluding carboxylic acids is 1. The van der Waals surface area contributed by atoms with Gasteiger partial charge in [-0.2, -0.15) is 5.10 Å². The lowest BCUT2D eigenvalue weighted by Crippen LogP contribution is -1.95. The average Bonchev–Trinajstić information content (AvgIpc) is 2.85. The Morgan fingerprint density at radius 2 is 2.16 bits per heavy atom. The highest BCUT2D eigenvalue weighted by molar-refractivity contribution is 5.91. The van der Waals surface area contributed by atoms with Crippen LogP contribution in [0.4, 0.5) is 0 Å². The summed E-state index contributed by atoms with van der Waals surface area (Å²) >= 11 is 0. The minimum absolute atomic E-state index is 0.343. The number of allylic oxidation sites excluding steroid dienone is 1. The standard InChI is InChI=1S/C15H16N2O2/c1-11(7-15(18)19-3)12-5-4-6-13(8-12)14-9-16-17(2)10-14/h4-10H,1-3H3/b11-7+. The van der Waals surface area contributed by atoms with Crippen LogP contribution in [-0.4, -0.2) is 22.9 Å². The molecule has 4 nitrogen and oxygen atoms in total. The van der Waals surface area contributed by atoms with E-state index in [1.807, 2.05) is 50.6 Å². The van der Waals surface area contributed by atoms with E-state index in [1.165, 1.54) is 13.2 Å². The van der Waals surface area contributed by atoms with Crippen molar-refractivity contribution in [2.45, 2.75) is 6.92 Å². The van der Waals surface area contributed by atoms with E-state index < -0.39 is 0 Å². The fourth-order valence-corrected chi connectivity index (χ4v) is 1.83. The molecule has 0 aliphatic carbocycles. The van der Waals surface area contributed by atoms with Crippen molar-refractivity contribution >= 4 is 11.5 Å². The lowest BCUT2D eigenvalue weighted by Gasteiger charge is -2.04. The highest BCUT2D eigenvalue weighted by atomic mass is 16.5. The summed E-state index contributed by atoms with van der Waals surface area (Å²) in [4.78, 5) is 11.2. The largest absolute Gasteiger partial charge is 0.466 e. The van der Waals surface area contributed by atoms with E-state index in [-0.39, 0.29) is 5.97 Å². The van der Waals surface area contributed by atoms with E-state index in [0.717, 1.165) is 22.3 Å². The van der Waals surface area contributed by atoms with E-state index >= 15 is 0 Å². The predicted molar refractivity (Wildman–Crippen MR) is 74.3 cm³/mol. The molecule has 0 aliphatic rings. The number of methoxy groups -OCH3 is 1. The van der Waals surface area contributed by atoms with Gasteiger partial charge < -0.3 is 4.74 Å².